The zero-order chi connectivity index (χ0) is 11.3. The Labute approximate surface area is 101 Å². The van der Waals surface area contributed by atoms with Crippen molar-refractivity contribution in [3.8, 4) is 0 Å². The molecule has 0 aliphatic heterocycles. The van der Waals surface area contributed by atoms with Crippen LogP contribution in [0.15, 0.2) is 0 Å². The molecule has 1 amide bonds. The highest BCUT2D eigenvalue weighted by Crippen LogP contribution is 2.41. The fourth-order valence-corrected chi connectivity index (χ4v) is 2.49. The van der Waals surface area contributed by atoms with Crippen LogP contribution < -0.4 is 5.32 Å². The Bertz CT molecular complexity index is 212. The summed E-state index contributed by atoms with van der Waals surface area (Å²) < 4.78 is 0. The monoisotopic (exact) mass is 275 g/mol. The van der Waals surface area contributed by atoms with Crippen molar-refractivity contribution < 1.29 is 4.79 Å². The van der Waals surface area contributed by atoms with Gasteiger partial charge in [-0.15, -0.1) is 0 Å². The van der Waals surface area contributed by atoms with Crippen molar-refractivity contribution in [3.63, 3.8) is 0 Å². The lowest BCUT2D eigenvalue weighted by Crippen LogP contribution is -2.41. The van der Waals surface area contributed by atoms with Gasteiger partial charge in [0.1, 0.15) is 0 Å². The van der Waals surface area contributed by atoms with Crippen molar-refractivity contribution in [3.05, 3.63) is 0 Å². The fraction of sp³-hybridized carbons (Fsp3) is 0.917. The summed E-state index contributed by atoms with van der Waals surface area (Å²) in [5.74, 6) is 0.278. The molecule has 0 aromatic carbocycles. The molecule has 1 rings (SSSR count). The maximum Gasteiger partial charge on any atom is 0.226 e. The van der Waals surface area contributed by atoms with E-state index in [1.807, 2.05) is 0 Å². The van der Waals surface area contributed by atoms with Gasteiger partial charge >= 0.3 is 0 Å². The van der Waals surface area contributed by atoms with Gasteiger partial charge in [0.15, 0.2) is 0 Å². The number of amides is 1. The van der Waals surface area contributed by atoms with Gasteiger partial charge < -0.3 is 5.32 Å². The first-order valence-corrected chi connectivity index (χ1v) is 6.98. The molecular weight excluding hydrogens is 254 g/mol. The molecule has 15 heavy (non-hydrogen) atoms. The molecule has 1 saturated carbocycles. The Morgan fingerprint density at radius 1 is 1.40 bits per heavy atom. The van der Waals surface area contributed by atoms with E-state index in [9.17, 15) is 4.79 Å². The van der Waals surface area contributed by atoms with Crippen LogP contribution in [0.2, 0.25) is 0 Å². The van der Waals surface area contributed by atoms with Gasteiger partial charge in [0.05, 0.1) is 0 Å². The third kappa shape index (κ3) is 3.20. The Kier molecular flexibility index (Phi) is 5.10. The van der Waals surface area contributed by atoms with Crippen LogP contribution in [-0.4, -0.2) is 17.3 Å². The predicted octanol–water partition coefficient (Wildman–Crippen LogP) is 3.25. The van der Waals surface area contributed by atoms with Crippen molar-refractivity contribution >= 4 is 21.8 Å². The molecule has 0 heterocycles. The SMILES string of the molecule is CCC(Br)CNC(=O)C1(CC)CCCC1. The van der Waals surface area contributed by atoms with Gasteiger partial charge in [-0.25, -0.2) is 0 Å². The molecule has 0 aromatic rings. The first kappa shape index (κ1) is 13.0. The van der Waals surface area contributed by atoms with E-state index in [2.05, 4.69) is 35.1 Å². The molecule has 0 radical (unpaired) electrons. The summed E-state index contributed by atoms with van der Waals surface area (Å²) in [5, 5.41) is 3.08. The summed E-state index contributed by atoms with van der Waals surface area (Å²) in [7, 11) is 0. The standard InChI is InChI=1S/C12H22BrNO/c1-3-10(13)9-14-11(15)12(4-2)7-5-6-8-12/h10H,3-9H2,1-2H3,(H,14,15). The second kappa shape index (κ2) is 5.88. The summed E-state index contributed by atoms with van der Waals surface area (Å²) in [6.07, 6.45) is 6.62. The third-order valence-corrected chi connectivity index (χ3v) is 4.62. The van der Waals surface area contributed by atoms with E-state index in [1.165, 1.54) is 12.8 Å². The maximum atomic E-state index is 12.1. The number of halogens is 1. The van der Waals surface area contributed by atoms with Crippen LogP contribution in [0.4, 0.5) is 0 Å². The summed E-state index contributed by atoms with van der Waals surface area (Å²) in [4.78, 5) is 12.5. The number of alkyl halides is 1. The Hall–Kier alpha value is -0.0500. The van der Waals surface area contributed by atoms with E-state index in [1.54, 1.807) is 0 Å². The highest BCUT2D eigenvalue weighted by atomic mass is 79.9. The molecule has 3 heteroatoms. The molecule has 1 atom stereocenters. The molecule has 0 bridgehead atoms. The number of rotatable bonds is 5. The summed E-state index contributed by atoms with van der Waals surface area (Å²) in [5.41, 5.74) is -0.0412. The first-order chi connectivity index (χ1) is 7.14. The minimum atomic E-state index is -0.0412. The molecule has 1 fully saturated rings. The molecule has 1 N–H and O–H groups in total. The Balaban J connectivity index is 2.44. The van der Waals surface area contributed by atoms with Crippen LogP contribution in [0.1, 0.15) is 52.4 Å². The van der Waals surface area contributed by atoms with Crippen molar-refractivity contribution in [1.82, 2.24) is 5.32 Å². The predicted molar refractivity (Wildman–Crippen MR) is 67.2 cm³/mol. The van der Waals surface area contributed by atoms with Gasteiger partial charge in [-0.05, 0) is 25.7 Å². The summed E-state index contributed by atoms with van der Waals surface area (Å²) in [6.45, 7) is 5.02. The van der Waals surface area contributed by atoms with E-state index < -0.39 is 0 Å². The Morgan fingerprint density at radius 2 is 2.00 bits per heavy atom. The van der Waals surface area contributed by atoms with Crippen molar-refractivity contribution in [2.24, 2.45) is 5.41 Å². The molecule has 1 aliphatic rings. The highest BCUT2D eigenvalue weighted by Gasteiger charge is 2.39. The summed E-state index contributed by atoms with van der Waals surface area (Å²) in [6, 6.07) is 0. The highest BCUT2D eigenvalue weighted by molar-refractivity contribution is 9.09. The van der Waals surface area contributed by atoms with Crippen molar-refractivity contribution in [2.45, 2.75) is 57.2 Å². The number of nitrogens with one attached hydrogen (secondary N) is 1. The van der Waals surface area contributed by atoms with Crippen LogP contribution in [0.5, 0.6) is 0 Å². The second-order valence-electron chi connectivity index (χ2n) is 4.56. The van der Waals surface area contributed by atoms with Crippen LogP contribution >= 0.6 is 15.9 Å². The van der Waals surface area contributed by atoms with Gasteiger partial charge in [0.2, 0.25) is 5.91 Å². The molecule has 2 nitrogen and oxygen atoms in total. The summed E-state index contributed by atoms with van der Waals surface area (Å²) >= 11 is 3.54. The van der Waals surface area contributed by atoms with E-state index in [0.717, 1.165) is 32.2 Å². The Morgan fingerprint density at radius 3 is 2.47 bits per heavy atom. The van der Waals surface area contributed by atoms with Gasteiger partial charge in [-0.1, -0.05) is 42.6 Å². The molecular formula is C12H22BrNO. The molecule has 0 saturated heterocycles. The first-order valence-electron chi connectivity index (χ1n) is 6.07. The van der Waals surface area contributed by atoms with Crippen molar-refractivity contribution in [1.29, 1.82) is 0 Å². The number of hydrogen-bond donors (Lipinski definition) is 1. The van der Waals surface area contributed by atoms with E-state index in [4.69, 9.17) is 0 Å². The average Bonchev–Trinajstić information content (AvgIpc) is 2.75. The van der Waals surface area contributed by atoms with E-state index >= 15 is 0 Å². The smallest absolute Gasteiger partial charge is 0.226 e. The van der Waals surface area contributed by atoms with E-state index in [0.29, 0.717) is 4.83 Å². The van der Waals surface area contributed by atoms with Crippen LogP contribution in [0, 0.1) is 5.41 Å². The zero-order valence-electron chi connectivity index (χ0n) is 9.81. The van der Waals surface area contributed by atoms with Crippen molar-refractivity contribution in [2.75, 3.05) is 6.54 Å². The lowest BCUT2D eigenvalue weighted by atomic mass is 9.82. The minimum Gasteiger partial charge on any atom is -0.355 e. The molecule has 0 spiro atoms. The largest absolute Gasteiger partial charge is 0.355 e. The molecule has 1 aliphatic carbocycles. The fourth-order valence-electron chi connectivity index (χ4n) is 2.33. The van der Waals surface area contributed by atoms with Gasteiger partial charge in [-0.3, -0.25) is 4.79 Å². The third-order valence-electron chi connectivity index (χ3n) is 3.65. The van der Waals surface area contributed by atoms with Crippen LogP contribution in [0.3, 0.4) is 0 Å². The topological polar surface area (TPSA) is 29.1 Å². The lowest BCUT2D eigenvalue weighted by Gasteiger charge is -2.26. The number of carbonyl (C=O) groups excluding carboxylic acids is 1. The molecule has 1 unspecified atom stereocenters. The normalized spacial score (nSPS) is 21.3. The number of hydrogen-bond acceptors (Lipinski definition) is 1. The maximum absolute atomic E-state index is 12.1. The minimum absolute atomic E-state index is 0.0412. The van der Waals surface area contributed by atoms with Gasteiger partial charge in [0, 0.05) is 16.8 Å². The number of carbonyl (C=O) groups is 1. The molecule has 0 aromatic heterocycles. The van der Waals surface area contributed by atoms with Crippen LogP contribution in [-0.2, 0) is 4.79 Å². The lowest BCUT2D eigenvalue weighted by molar-refractivity contribution is -0.131. The van der Waals surface area contributed by atoms with Gasteiger partial charge in [-0.2, -0.15) is 0 Å². The quantitative estimate of drug-likeness (QED) is 0.767. The second-order valence-corrected chi connectivity index (χ2v) is 5.85. The zero-order valence-corrected chi connectivity index (χ0v) is 11.4. The van der Waals surface area contributed by atoms with E-state index in [-0.39, 0.29) is 11.3 Å². The average molecular weight is 276 g/mol. The molecule has 88 valence electrons. The van der Waals surface area contributed by atoms with Crippen LogP contribution in [0.25, 0.3) is 0 Å². The van der Waals surface area contributed by atoms with Gasteiger partial charge in [0.25, 0.3) is 0 Å².